The molecule has 1 aliphatic carbocycles. The van der Waals surface area contributed by atoms with Crippen LogP contribution in [0.4, 0.5) is 0 Å². The molecule has 1 radical (unpaired) electrons. The summed E-state index contributed by atoms with van der Waals surface area (Å²) in [6, 6.07) is 0. The van der Waals surface area contributed by atoms with Gasteiger partial charge in [-0.3, -0.25) is 0 Å². The average Bonchev–Trinajstić information content (AvgIpc) is 2.21. The first-order valence-electron chi connectivity index (χ1n) is 5.44. The highest BCUT2D eigenvalue weighted by Crippen LogP contribution is 2.42. The molecule has 2 rings (SSSR count). The van der Waals surface area contributed by atoms with Gasteiger partial charge in [0.1, 0.15) is 7.28 Å². The lowest BCUT2D eigenvalue weighted by molar-refractivity contribution is -0.238. The van der Waals surface area contributed by atoms with Crippen molar-refractivity contribution in [2.75, 3.05) is 0 Å². The van der Waals surface area contributed by atoms with Crippen LogP contribution in [-0.4, -0.2) is 24.3 Å². The molecule has 0 amide bonds. The maximum atomic E-state index is 10.3. The molecule has 3 unspecified atom stereocenters. The van der Waals surface area contributed by atoms with Gasteiger partial charge in [-0.05, 0) is 25.6 Å². The summed E-state index contributed by atoms with van der Waals surface area (Å²) in [5.41, 5.74) is 0. The Morgan fingerprint density at radius 1 is 1.38 bits per heavy atom. The Bertz CT molecular complexity index is 186. The molecule has 0 bridgehead atoms. The van der Waals surface area contributed by atoms with Crippen LogP contribution in [0.15, 0.2) is 0 Å². The third-order valence-corrected chi connectivity index (χ3v) is 3.31. The fourth-order valence-electron chi connectivity index (χ4n) is 2.54. The van der Waals surface area contributed by atoms with Crippen LogP contribution in [0, 0.1) is 0 Å². The zero-order chi connectivity index (χ0) is 9.31. The summed E-state index contributed by atoms with van der Waals surface area (Å²) in [5.74, 6) is -0.542. The number of ether oxygens (including phenoxy) is 1. The Labute approximate surface area is 80.9 Å². The third-order valence-electron chi connectivity index (χ3n) is 3.31. The van der Waals surface area contributed by atoms with Crippen molar-refractivity contribution in [2.45, 2.75) is 63.1 Å². The lowest BCUT2D eigenvalue weighted by Gasteiger charge is -2.39. The highest BCUT2D eigenvalue weighted by Gasteiger charge is 2.42. The van der Waals surface area contributed by atoms with Crippen molar-refractivity contribution in [1.82, 2.24) is 0 Å². The Hall–Kier alpha value is -0.0151. The van der Waals surface area contributed by atoms with Gasteiger partial charge in [-0.25, -0.2) is 0 Å². The predicted octanol–water partition coefficient (Wildman–Crippen LogP) is 1.97. The molecular weight excluding hydrogens is 163 g/mol. The van der Waals surface area contributed by atoms with E-state index < -0.39 is 5.79 Å². The van der Waals surface area contributed by atoms with Gasteiger partial charge in [-0.2, -0.15) is 0 Å². The first kappa shape index (κ1) is 9.54. The van der Waals surface area contributed by atoms with Gasteiger partial charge >= 0.3 is 0 Å². The summed E-state index contributed by atoms with van der Waals surface area (Å²) in [6.07, 6.45) is 6.62. The Balaban J connectivity index is 2.10. The Morgan fingerprint density at radius 2 is 2.23 bits per heavy atom. The van der Waals surface area contributed by atoms with Crippen LogP contribution in [0.5, 0.6) is 0 Å². The number of hydrogen-bond donors (Lipinski definition) is 1. The molecule has 13 heavy (non-hydrogen) atoms. The normalized spacial score (nSPS) is 46.0. The fourth-order valence-corrected chi connectivity index (χ4v) is 2.54. The van der Waals surface area contributed by atoms with Gasteiger partial charge in [0.2, 0.25) is 0 Å². The van der Waals surface area contributed by atoms with E-state index in [1.165, 1.54) is 6.42 Å². The monoisotopic (exact) mass is 181 g/mol. The van der Waals surface area contributed by atoms with Gasteiger partial charge in [0, 0.05) is 6.42 Å². The molecule has 1 saturated carbocycles. The molecule has 0 spiro atoms. The summed E-state index contributed by atoms with van der Waals surface area (Å²) >= 11 is 0. The summed E-state index contributed by atoms with van der Waals surface area (Å²) in [6.45, 7) is 2.06. The molecule has 1 heterocycles. The molecule has 3 atom stereocenters. The second kappa shape index (κ2) is 3.62. The van der Waals surface area contributed by atoms with E-state index in [0.29, 0.717) is 0 Å². The molecule has 0 aromatic rings. The zero-order valence-corrected chi connectivity index (χ0v) is 8.33. The predicted molar refractivity (Wildman–Crippen MR) is 52.9 cm³/mol. The van der Waals surface area contributed by atoms with E-state index in [2.05, 4.69) is 14.2 Å². The van der Waals surface area contributed by atoms with E-state index in [0.717, 1.165) is 32.0 Å². The molecule has 1 saturated heterocycles. The van der Waals surface area contributed by atoms with Crippen LogP contribution < -0.4 is 0 Å². The third kappa shape index (κ3) is 1.91. The van der Waals surface area contributed by atoms with Crippen LogP contribution in [-0.2, 0) is 4.74 Å². The van der Waals surface area contributed by atoms with Gasteiger partial charge in [-0.1, -0.05) is 19.2 Å². The van der Waals surface area contributed by atoms with E-state index in [1.54, 1.807) is 0 Å². The topological polar surface area (TPSA) is 29.5 Å². The van der Waals surface area contributed by atoms with Gasteiger partial charge in [0.25, 0.3) is 0 Å². The zero-order valence-electron chi connectivity index (χ0n) is 8.33. The highest BCUT2D eigenvalue weighted by atomic mass is 16.6. The Kier molecular flexibility index (Phi) is 2.66. The van der Waals surface area contributed by atoms with Crippen molar-refractivity contribution in [3.63, 3.8) is 0 Å². The fraction of sp³-hybridized carbons (Fsp3) is 1.00. The molecule has 1 N–H and O–H groups in total. The number of fused-ring (bicyclic) bond motifs is 1. The van der Waals surface area contributed by atoms with E-state index in [4.69, 9.17) is 4.74 Å². The van der Waals surface area contributed by atoms with Gasteiger partial charge < -0.3 is 9.84 Å². The molecule has 0 aromatic heterocycles. The van der Waals surface area contributed by atoms with Crippen molar-refractivity contribution in [2.24, 2.45) is 0 Å². The minimum atomic E-state index is -0.825. The minimum Gasteiger partial charge on any atom is -0.366 e. The molecule has 73 valence electrons. The summed E-state index contributed by atoms with van der Waals surface area (Å²) in [5, 5.41) is 10.3. The maximum Gasteiger partial charge on any atom is 0.161 e. The number of rotatable bonds is 0. The van der Waals surface area contributed by atoms with Gasteiger partial charge in [-0.15, -0.1) is 0 Å². The van der Waals surface area contributed by atoms with E-state index in [-0.39, 0.29) is 11.9 Å². The first-order chi connectivity index (χ1) is 6.21. The van der Waals surface area contributed by atoms with Crippen LogP contribution in [0.2, 0.25) is 12.1 Å². The van der Waals surface area contributed by atoms with E-state index >= 15 is 0 Å². The van der Waals surface area contributed by atoms with Crippen molar-refractivity contribution in [1.29, 1.82) is 0 Å². The number of hydrogen-bond acceptors (Lipinski definition) is 2. The lowest BCUT2D eigenvalue weighted by Crippen LogP contribution is -2.42. The summed E-state index contributed by atoms with van der Waals surface area (Å²) < 4.78 is 5.73. The SMILES string of the molecule is CC1CC[B]C2CCCCC2(O)O1. The molecule has 0 aromatic carbocycles. The van der Waals surface area contributed by atoms with E-state index in [9.17, 15) is 5.11 Å². The molecule has 1 aliphatic heterocycles. The van der Waals surface area contributed by atoms with Crippen LogP contribution >= 0.6 is 0 Å². The molecule has 3 heteroatoms. The van der Waals surface area contributed by atoms with E-state index in [1.807, 2.05) is 0 Å². The van der Waals surface area contributed by atoms with Crippen molar-refractivity contribution in [3.8, 4) is 0 Å². The summed E-state index contributed by atoms with van der Waals surface area (Å²) in [7, 11) is 2.27. The van der Waals surface area contributed by atoms with Crippen molar-refractivity contribution >= 4 is 7.28 Å². The largest absolute Gasteiger partial charge is 0.366 e. The second-order valence-corrected chi connectivity index (χ2v) is 4.44. The van der Waals surface area contributed by atoms with Crippen LogP contribution in [0.25, 0.3) is 0 Å². The molecular formula is C10H18BO2. The average molecular weight is 181 g/mol. The van der Waals surface area contributed by atoms with Gasteiger partial charge in [0.05, 0.1) is 6.10 Å². The molecule has 2 nitrogen and oxygen atoms in total. The van der Waals surface area contributed by atoms with Crippen LogP contribution in [0.1, 0.15) is 39.0 Å². The maximum absolute atomic E-state index is 10.3. The van der Waals surface area contributed by atoms with Crippen molar-refractivity contribution in [3.05, 3.63) is 0 Å². The van der Waals surface area contributed by atoms with Crippen LogP contribution in [0.3, 0.4) is 0 Å². The second-order valence-electron chi connectivity index (χ2n) is 4.44. The Morgan fingerprint density at radius 3 is 3.08 bits per heavy atom. The number of aliphatic hydroxyl groups is 1. The van der Waals surface area contributed by atoms with Gasteiger partial charge in [0.15, 0.2) is 5.79 Å². The lowest BCUT2D eigenvalue weighted by atomic mass is 9.54. The standard InChI is InChI=1S/C10H18BO2/c1-8-5-7-11-9-4-2-3-6-10(9,12)13-8/h8-9,12H,2-7H2,1H3. The highest BCUT2D eigenvalue weighted by molar-refractivity contribution is 6.38. The summed E-state index contributed by atoms with van der Waals surface area (Å²) in [4.78, 5) is 0. The molecule has 2 fully saturated rings. The van der Waals surface area contributed by atoms with Crippen molar-refractivity contribution < 1.29 is 9.84 Å². The molecule has 2 aliphatic rings. The smallest absolute Gasteiger partial charge is 0.161 e. The quantitative estimate of drug-likeness (QED) is 0.579. The minimum absolute atomic E-state index is 0.212. The first-order valence-corrected chi connectivity index (χ1v) is 5.44.